The molecule has 1 aliphatic rings. The van der Waals surface area contributed by atoms with E-state index in [1.54, 1.807) is 0 Å². The van der Waals surface area contributed by atoms with E-state index in [0.717, 1.165) is 6.07 Å². The number of nitrogens with zero attached hydrogens (tertiary/aromatic N) is 2. The Labute approximate surface area is 180 Å². The van der Waals surface area contributed by atoms with E-state index in [2.05, 4.69) is 14.7 Å². The van der Waals surface area contributed by atoms with Crippen molar-refractivity contribution in [1.29, 1.82) is 0 Å². The van der Waals surface area contributed by atoms with Crippen LogP contribution >= 0.6 is 11.3 Å². The summed E-state index contributed by atoms with van der Waals surface area (Å²) >= 11 is 0.593. The van der Waals surface area contributed by atoms with Crippen LogP contribution in [0.3, 0.4) is 0 Å². The molecule has 0 aliphatic heterocycles. The van der Waals surface area contributed by atoms with E-state index in [4.69, 9.17) is 5.14 Å². The average molecular weight is 481 g/mol. The number of anilines is 1. The maximum Gasteiger partial charge on any atom is 0.433 e. The molecular weight excluding hydrogens is 460 g/mol. The van der Waals surface area contributed by atoms with E-state index in [1.807, 2.05) is 0 Å². The lowest BCUT2D eigenvalue weighted by molar-refractivity contribution is -0.141. The predicted molar refractivity (Wildman–Crippen MR) is 108 cm³/mol. The normalized spacial score (nSPS) is 16.0. The number of carbonyl (C=O) groups is 1. The van der Waals surface area contributed by atoms with Crippen LogP contribution in [0.5, 0.6) is 0 Å². The highest BCUT2D eigenvalue weighted by atomic mass is 32.2. The maximum atomic E-state index is 14.3. The van der Waals surface area contributed by atoms with Gasteiger partial charge in [-0.2, -0.15) is 13.2 Å². The molecule has 0 fully saturated rings. The molecule has 170 valence electrons. The van der Waals surface area contributed by atoms with Crippen LogP contribution < -0.4 is 10.5 Å². The van der Waals surface area contributed by atoms with Crippen LogP contribution in [-0.2, 0) is 34.5 Å². The minimum absolute atomic E-state index is 0.109. The van der Waals surface area contributed by atoms with Gasteiger partial charge in [-0.1, -0.05) is 0 Å². The van der Waals surface area contributed by atoms with Crippen LogP contribution in [0.1, 0.15) is 47.7 Å². The number of rotatable bonds is 3. The van der Waals surface area contributed by atoms with Gasteiger partial charge in [0, 0.05) is 16.1 Å². The molecule has 2 aromatic rings. The molecule has 0 radical (unpaired) electrons. The largest absolute Gasteiger partial charge is 0.433 e. The molecule has 3 rings (SSSR count). The first kappa shape index (κ1) is 23.6. The zero-order chi connectivity index (χ0) is 23.4. The summed E-state index contributed by atoms with van der Waals surface area (Å²) in [5.74, 6) is -1.01. The number of carbonyl (C=O) groups excluding carboxylic acids is 1. The van der Waals surface area contributed by atoms with Gasteiger partial charge in [-0.3, -0.25) is 0 Å². The van der Waals surface area contributed by atoms with Crippen molar-refractivity contribution in [2.24, 2.45) is 9.50 Å². The summed E-state index contributed by atoms with van der Waals surface area (Å²) in [4.78, 5) is 16.2. The van der Waals surface area contributed by atoms with Gasteiger partial charge < -0.3 is 10.4 Å². The number of pyridine rings is 1. The van der Waals surface area contributed by atoms with Crippen molar-refractivity contribution in [3.63, 3.8) is 0 Å². The Balaban J connectivity index is 2.01. The van der Waals surface area contributed by atoms with E-state index in [0.29, 0.717) is 36.2 Å². The summed E-state index contributed by atoms with van der Waals surface area (Å²) < 4.78 is 69.8. The van der Waals surface area contributed by atoms with E-state index < -0.39 is 43.4 Å². The van der Waals surface area contributed by atoms with Crippen molar-refractivity contribution in [3.05, 3.63) is 39.3 Å². The Hall–Kier alpha value is -2.09. The van der Waals surface area contributed by atoms with Crippen molar-refractivity contribution in [2.45, 2.75) is 56.0 Å². The van der Waals surface area contributed by atoms with Crippen LogP contribution in [0.2, 0.25) is 0 Å². The Bertz CT molecular complexity index is 1180. The molecule has 1 unspecified atom stereocenters. The number of aliphatic hydroxyl groups is 1. The number of thiophene rings is 1. The van der Waals surface area contributed by atoms with Gasteiger partial charge in [0.2, 0.25) is 0 Å². The van der Waals surface area contributed by atoms with E-state index in [1.165, 1.54) is 20.8 Å². The van der Waals surface area contributed by atoms with E-state index in [-0.39, 0.29) is 21.8 Å². The average Bonchev–Trinajstić information content (AvgIpc) is 3.21. The number of aromatic nitrogens is 1. The number of urea groups is 1. The zero-order valence-electron chi connectivity index (χ0n) is 16.8. The molecular formula is C18H20F4N4O3S2. The Morgan fingerprint density at radius 2 is 2.00 bits per heavy atom. The molecule has 2 heterocycles. The fourth-order valence-electron chi connectivity index (χ4n) is 3.28. The Morgan fingerprint density at radius 1 is 1.35 bits per heavy atom. The number of aryl methyl sites for hydroxylation is 1. The monoisotopic (exact) mass is 480 g/mol. The van der Waals surface area contributed by atoms with Gasteiger partial charge in [0.05, 0.1) is 11.3 Å². The lowest BCUT2D eigenvalue weighted by atomic mass is 10.1. The maximum absolute atomic E-state index is 14.3. The number of nitrogens with one attached hydrogen (secondary N) is 1. The van der Waals surface area contributed by atoms with Crippen LogP contribution in [0, 0.1) is 12.7 Å². The fourth-order valence-corrected chi connectivity index (χ4v) is 5.62. The number of nitrogens with two attached hydrogens (primary N) is 1. The molecule has 2 aromatic heterocycles. The van der Waals surface area contributed by atoms with Gasteiger partial charge in [-0.05, 0) is 51.7 Å². The van der Waals surface area contributed by atoms with E-state index >= 15 is 0 Å². The summed E-state index contributed by atoms with van der Waals surface area (Å²) in [6.07, 6.45) is -3.43. The molecule has 0 bridgehead atoms. The van der Waals surface area contributed by atoms with Gasteiger partial charge in [0.25, 0.3) is 0 Å². The first-order valence-electron chi connectivity index (χ1n) is 9.09. The Morgan fingerprint density at radius 3 is 2.55 bits per heavy atom. The smallest absolute Gasteiger partial charge is 0.385 e. The Kier molecular flexibility index (Phi) is 5.93. The summed E-state index contributed by atoms with van der Waals surface area (Å²) in [6.45, 7) is 3.93. The minimum Gasteiger partial charge on any atom is -0.385 e. The molecule has 1 aliphatic carbocycles. The summed E-state index contributed by atoms with van der Waals surface area (Å²) in [6, 6.07) is -0.336. The zero-order valence-corrected chi connectivity index (χ0v) is 18.4. The van der Waals surface area contributed by atoms with Gasteiger partial charge in [0.1, 0.15) is 5.69 Å². The number of alkyl halides is 3. The number of hydrogen-bond donors (Lipinski definition) is 3. The standard InChI is InChI=1S/C18H20F4N4O3S2/c1-8-13(9-5-4-6-11(9)24-14(8)18(20,21)22)25-16(27)26-31(23,29)15-10(19)7-12(30-15)17(2,3)28/h7,28H,4-6H2,1-3H3,(H3,23,24,25,26,27,29). The highest BCUT2D eigenvalue weighted by Gasteiger charge is 2.38. The first-order valence-corrected chi connectivity index (χ1v) is 11.5. The first-order chi connectivity index (χ1) is 14.1. The summed E-state index contributed by atoms with van der Waals surface area (Å²) in [7, 11) is -4.06. The van der Waals surface area contributed by atoms with Crippen LogP contribution in [-0.4, -0.2) is 20.3 Å². The van der Waals surface area contributed by atoms with E-state index in [9.17, 15) is 31.7 Å². The van der Waals surface area contributed by atoms with Crippen molar-refractivity contribution >= 4 is 33.0 Å². The number of amides is 2. The topological polar surface area (TPSA) is 118 Å². The molecule has 0 saturated carbocycles. The summed E-state index contributed by atoms with van der Waals surface area (Å²) in [5.41, 5.74) is -2.31. The quantitative estimate of drug-likeness (QED) is 0.569. The van der Waals surface area contributed by atoms with Gasteiger partial charge in [-0.15, -0.1) is 15.7 Å². The third kappa shape index (κ3) is 4.73. The second-order valence-corrected chi connectivity index (χ2v) is 10.7. The minimum atomic E-state index is -4.73. The van der Waals surface area contributed by atoms with Crippen LogP contribution in [0.25, 0.3) is 0 Å². The SMILES string of the molecule is Cc1c(C(F)(F)F)nc2c(c1NC(=O)N=S(N)(=O)c1sc(C(C)(C)O)cc1F)CCC2. The molecule has 4 N–H and O–H groups in total. The number of halogens is 4. The lowest BCUT2D eigenvalue weighted by Crippen LogP contribution is -2.20. The lowest BCUT2D eigenvalue weighted by Gasteiger charge is -2.17. The molecule has 7 nitrogen and oxygen atoms in total. The molecule has 0 spiro atoms. The number of fused-ring (bicyclic) bond motifs is 1. The van der Waals surface area contributed by atoms with Gasteiger partial charge in [-0.25, -0.2) is 23.5 Å². The predicted octanol–water partition coefficient (Wildman–Crippen LogP) is 4.26. The van der Waals surface area contributed by atoms with Crippen molar-refractivity contribution in [1.82, 2.24) is 4.98 Å². The van der Waals surface area contributed by atoms with Crippen molar-refractivity contribution < 1.29 is 31.7 Å². The molecule has 0 aromatic carbocycles. The second kappa shape index (κ2) is 7.80. The van der Waals surface area contributed by atoms with Gasteiger partial charge >= 0.3 is 12.2 Å². The molecule has 1 atom stereocenters. The van der Waals surface area contributed by atoms with Gasteiger partial charge in [0.15, 0.2) is 19.9 Å². The van der Waals surface area contributed by atoms with Crippen LogP contribution in [0.15, 0.2) is 14.6 Å². The molecule has 2 amide bonds. The highest BCUT2D eigenvalue weighted by molar-refractivity contribution is 7.93. The highest BCUT2D eigenvalue weighted by Crippen LogP contribution is 2.39. The van der Waals surface area contributed by atoms with Crippen molar-refractivity contribution in [2.75, 3.05) is 5.32 Å². The third-order valence-corrected chi connectivity index (χ3v) is 8.06. The molecule has 31 heavy (non-hydrogen) atoms. The molecule has 0 saturated heterocycles. The summed E-state index contributed by atoms with van der Waals surface area (Å²) in [5, 5.41) is 17.8. The fraction of sp³-hybridized carbons (Fsp3) is 0.444. The molecule has 13 heteroatoms. The number of hydrogen-bond acceptors (Lipinski definition) is 5. The van der Waals surface area contributed by atoms with Crippen molar-refractivity contribution in [3.8, 4) is 0 Å². The third-order valence-electron chi connectivity index (χ3n) is 4.71. The van der Waals surface area contributed by atoms with Crippen LogP contribution in [0.4, 0.5) is 28.0 Å². The second-order valence-electron chi connectivity index (χ2n) is 7.63.